The lowest BCUT2D eigenvalue weighted by molar-refractivity contribution is 0.0874. The highest BCUT2D eigenvalue weighted by Crippen LogP contribution is 2.38. The fourth-order valence-corrected chi connectivity index (χ4v) is 6.54. The molecule has 0 radical (unpaired) electrons. The number of hydrogen-bond acceptors (Lipinski definition) is 5. The maximum Gasteiger partial charge on any atom is 0.334 e. The number of nitrogens with one attached hydrogen (secondary N) is 2. The number of hydrogen-bond donors (Lipinski definition) is 2. The van der Waals surface area contributed by atoms with Gasteiger partial charge in [-0.25, -0.2) is 18.8 Å². The van der Waals surface area contributed by atoms with Crippen LogP contribution < -0.4 is 14.3 Å². The van der Waals surface area contributed by atoms with E-state index in [1.54, 1.807) is 24.1 Å². The summed E-state index contributed by atoms with van der Waals surface area (Å²) in [5.41, 5.74) is 5.69. The Balaban J connectivity index is 1.41. The van der Waals surface area contributed by atoms with E-state index in [4.69, 9.17) is 4.74 Å². The van der Waals surface area contributed by atoms with E-state index in [0.29, 0.717) is 31.9 Å². The molecule has 172 valence electrons. The molecule has 0 unspecified atom stereocenters. The lowest BCUT2D eigenvalue weighted by Gasteiger charge is -2.33. The number of carbonyl (C=O) groups is 1. The van der Waals surface area contributed by atoms with Crippen LogP contribution in [0.1, 0.15) is 47.9 Å². The van der Waals surface area contributed by atoms with E-state index in [-0.39, 0.29) is 6.04 Å². The number of fused-ring (bicyclic) bond motifs is 2. The van der Waals surface area contributed by atoms with E-state index in [0.717, 1.165) is 55.3 Å². The van der Waals surface area contributed by atoms with Crippen LogP contribution in [-0.4, -0.2) is 43.3 Å². The van der Waals surface area contributed by atoms with Gasteiger partial charge in [-0.05, 0) is 73.6 Å². The second kappa shape index (κ2) is 8.40. The number of nitrogens with zero attached hydrogens (tertiary/aromatic N) is 3. The molecule has 0 atom stereocenters. The fourth-order valence-electron chi connectivity index (χ4n) is 5.21. The van der Waals surface area contributed by atoms with E-state index in [1.165, 1.54) is 15.4 Å². The lowest BCUT2D eigenvalue weighted by atomic mass is 9.99. The van der Waals surface area contributed by atoms with E-state index in [1.807, 2.05) is 0 Å². The van der Waals surface area contributed by atoms with Crippen molar-refractivity contribution < 1.29 is 17.9 Å². The van der Waals surface area contributed by atoms with Crippen molar-refractivity contribution in [1.82, 2.24) is 14.3 Å². The molecule has 1 aromatic carbocycles. The number of amides is 2. The minimum Gasteiger partial charge on any atom is -0.381 e. The Morgan fingerprint density at radius 3 is 2.38 bits per heavy atom. The van der Waals surface area contributed by atoms with Crippen molar-refractivity contribution in [3.05, 3.63) is 40.8 Å². The third-order valence-corrected chi connectivity index (χ3v) is 8.08. The Labute approximate surface area is 188 Å². The maximum atomic E-state index is 13.4. The zero-order chi connectivity index (χ0) is 22.3. The summed E-state index contributed by atoms with van der Waals surface area (Å²) in [6, 6.07) is 1.22. The van der Waals surface area contributed by atoms with Gasteiger partial charge in [-0.3, -0.25) is 0 Å². The molecule has 2 N–H and O–H groups in total. The zero-order valence-corrected chi connectivity index (χ0v) is 19.1. The predicted molar refractivity (Wildman–Crippen MR) is 121 cm³/mol. The van der Waals surface area contributed by atoms with Crippen LogP contribution in [0.4, 0.5) is 16.3 Å². The first-order valence-corrected chi connectivity index (χ1v) is 12.7. The molecule has 2 heterocycles. The Kier molecular flexibility index (Phi) is 5.58. The van der Waals surface area contributed by atoms with Crippen LogP contribution in [0.3, 0.4) is 0 Å². The Bertz CT molecular complexity index is 1110. The largest absolute Gasteiger partial charge is 0.381 e. The highest BCUT2D eigenvalue weighted by molar-refractivity contribution is 7.91. The molecular formula is C22H29N5O4S. The third-order valence-electron chi connectivity index (χ3n) is 6.63. The van der Waals surface area contributed by atoms with Crippen LogP contribution >= 0.6 is 0 Å². The summed E-state index contributed by atoms with van der Waals surface area (Å²) in [4.78, 5) is 17.2. The van der Waals surface area contributed by atoms with Crippen molar-refractivity contribution in [2.75, 3.05) is 22.8 Å². The number of aryl methyl sites for hydroxylation is 3. The number of ether oxygens (including phenoxy) is 1. The Hall–Kier alpha value is -2.59. The highest BCUT2D eigenvalue weighted by atomic mass is 32.2. The van der Waals surface area contributed by atoms with Gasteiger partial charge in [0.1, 0.15) is 0 Å². The van der Waals surface area contributed by atoms with Crippen molar-refractivity contribution in [2.45, 2.75) is 57.4 Å². The number of urea groups is 1. The van der Waals surface area contributed by atoms with Crippen LogP contribution in [0.25, 0.3) is 0 Å². The summed E-state index contributed by atoms with van der Waals surface area (Å²) in [7, 11) is -2.39. The summed E-state index contributed by atoms with van der Waals surface area (Å²) < 4.78 is 37.3. The molecule has 0 spiro atoms. The molecular weight excluding hydrogens is 430 g/mol. The van der Waals surface area contributed by atoms with Crippen LogP contribution in [0.2, 0.25) is 0 Å². The topological polar surface area (TPSA) is 106 Å². The molecule has 32 heavy (non-hydrogen) atoms. The molecule has 9 nitrogen and oxygen atoms in total. The number of imidazole rings is 1. The van der Waals surface area contributed by atoms with Gasteiger partial charge < -0.3 is 14.6 Å². The number of benzene rings is 1. The van der Waals surface area contributed by atoms with Crippen molar-refractivity contribution in [3.8, 4) is 0 Å². The van der Waals surface area contributed by atoms with Crippen LogP contribution in [0.5, 0.6) is 0 Å². The quantitative estimate of drug-likeness (QED) is 0.715. The molecule has 2 amide bonds. The molecule has 0 saturated carbocycles. The summed E-state index contributed by atoms with van der Waals surface area (Å²) >= 11 is 0. The fraction of sp³-hybridized carbons (Fsp3) is 0.545. The zero-order valence-electron chi connectivity index (χ0n) is 18.3. The molecule has 2 aromatic rings. The second-order valence-electron chi connectivity index (χ2n) is 8.83. The summed E-state index contributed by atoms with van der Waals surface area (Å²) in [5.74, 6) is 0.293. The number of carbonyl (C=O) groups excluding carboxylic acids is 1. The molecule has 5 rings (SSSR count). The van der Waals surface area contributed by atoms with Crippen molar-refractivity contribution in [3.63, 3.8) is 0 Å². The number of anilines is 2. The Morgan fingerprint density at radius 1 is 1.12 bits per heavy atom. The summed E-state index contributed by atoms with van der Waals surface area (Å²) in [6.45, 7) is 0.940. The number of rotatable bonds is 5. The van der Waals surface area contributed by atoms with Gasteiger partial charge in [0.15, 0.2) is 5.82 Å². The first-order chi connectivity index (χ1) is 15.4. The molecule has 10 heteroatoms. The highest BCUT2D eigenvalue weighted by Gasteiger charge is 2.35. The van der Waals surface area contributed by atoms with Crippen molar-refractivity contribution in [1.29, 1.82) is 0 Å². The van der Waals surface area contributed by atoms with Gasteiger partial charge in [0.2, 0.25) is 0 Å². The molecule has 1 aromatic heterocycles. The van der Waals surface area contributed by atoms with Gasteiger partial charge in [0, 0.05) is 32.1 Å². The first kappa shape index (κ1) is 21.3. The summed E-state index contributed by atoms with van der Waals surface area (Å²) in [5, 5.41) is 2.91. The van der Waals surface area contributed by atoms with Gasteiger partial charge in [-0.1, -0.05) is 6.07 Å². The minimum absolute atomic E-state index is 0.293. The van der Waals surface area contributed by atoms with Crippen molar-refractivity contribution in [2.24, 2.45) is 7.05 Å². The van der Waals surface area contributed by atoms with Gasteiger partial charge >= 0.3 is 16.2 Å². The first-order valence-electron chi connectivity index (χ1n) is 11.3. The monoisotopic (exact) mass is 459 g/mol. The third kappa shape index (κ3) is 3.97. The smallest absolute Gasteiger partial charge is 0.334 e. The standard InChI is InChI=1S/C22H29N5O4S/c1-26-13-20(23-14-26)27(17-8-10-31-11-9-17)32(29,30)25-22(28)24-21-18-6-2-4-15(18)12-16-5-3-7-19(16)21/h12-14,17H,2-11H2,1H3,(H2,24,25,28). The lowest BCUT2D eigenvalue weighted by Crippen LogP contribution is -2.51. The second-order valence-corrected chi connectivity index (χ2v) is 10.4. The Morgan fingerprint density at radius 2 is 1.78 bits per heavy atom. The maximum absolute atomic E-state index is 13.4. The van der Waals surface area contributed by atoms with Gasteiger partial charge in [0.25, 0.3) is 0 Å². The average molecular weight is 460 g/mol. The van der Waals surface area contributed by atoms with E-state index in [9.17, 15) is 13.2 Å². The molecule has 2 aliphatic carbocycles. The minimum atomic E-state index is -4.17. The molecule has 1 aliphatic heterocycles. The molecule has 0 bridgehead atoms. The van der Waals surface area contributed by atoms with E-state index >= 15 is 0 Å². The SMILES string of the molecule is Cn1cnc(N(C2CCOCC2)S(=O)(=O)NC(=O)Nc2c3c(cc4c2CCC4)CCC3)c1. The van der Waals surface area contributed by atoms with E-state index in [2.05, 4.69) is 21.1 Å². The molecule has 1 fully saturated rings. The average Bonchev–Trinajstić information content (AvgIpc) is 3.49. The van der Waals surface area contributed by atoms with Gasteiger partial charge in [0.05, 0.1) is 12.4 Å². The molecule has 3 aliphatic rings. The normalized spacial score (nSPS) is 18.3. The van der Waals surface area contributed by atoms with Crippen LogP contribution in [-0.2, 0) is 47.7 Å². The van der Waals surface area contributed by atoms with Crippen LogP contribution in [0, 0.1) is 0 Å². The van der Waals surface area contributed by atoms with Crippen molar-refractivity contribution >= 4 is 27.7 Å². The number of aromatic nitrogens is 2. The van der Waals surface area contributed by atoms with Gasteiger partial charge in [-0.2, -0.15) is 8.42 Å². The van der Waals surface area contributed by atoms with Crippen LogP contribution in [0.15, 0.2) is 18.6 Å². The van der Waals surface area contributed by atoms with Gasteiger partial charge in [-0.15, -0.1) is 0 Å². The molecule has 1 saturated heterocycles. The summed E-state index contributed by atoms with van der Waals surface area (Å²) in [6.07, 6.45) is 10.2. The predicted octanol–water partition coefficient (Wildman–Crippen LogP) is 2.45. The van der Waals surface area contributed by atoms with E-state index < -0.39 is 16.2 Å².